The number of alkyl halides is 2. The second-order valence-electron chi connectivity index (χ2n) is 4.55. The molecule has 9 heteroatoms. The summed E-state index contributed by atoms with van der Waals surface area (Å²) in [4.78, 5) is 39.1. The molecule has 0 atom stereocenters. The van der Waals surface area contributed by atoms with Crippen LogP contribution in [0.2, 0.25) is 0 Å². The predicted octanol–water partition coefficient (Wildman–Crippen LogP) is 2.51. The van der Waals surface area contributed by atoms with Gasteiger partial charge in [-0.1, -0.05) is 18.2 Å². The van der Waals surface area contributed by atoms with Gasteiger partial charge in [-0.15, -0.1) is 0 Å². The highest BCUT2D eigenvalue weighted by atomic mass is 32.2. The molecule has 1 aromatic heterocycles. The molecule has 1 heterocycles. The molecule has 0 fully saturated rings. The molecule has 130 valence electrons. The van der Waals surface area contributed by atoms with Gasteiger partial charge in [0.1, 0.15) is 5.03 Å². The number of nitrogens with zero attached hydrogens (tertiary/aromatic N) is 1. The predicted molar refractivity (Wildman–Crippen MR) is 85.3 cm³/mol. The number of halogens is 2. The van der Waals surface area contributed by atoms with Gasteiger partial charge >= 0.3 is 5.97 Å². The molecule has 0 aliphatic rings. The van der Waals surface area contributed by atoms with E-state index in [0.29, 0.717) is 0 Å². The number of ether oxygens (including phenoxy) is 1. The number of hydrogen-bond acceptors (Lipinski definition) is 6. The summed E-state index contributed by atoms with van der Waals surface area (Å²) in [5, 5.41) is 1.85. The summed E-state index contributed by atoms with van der Waals surface area (Å²) in [5.41, 5.74) is 0.0834. The number of pyridine rings is 1. The maximum atomic E-state index is 12.5. The van der Waals surface area contributed by atoms with Crippen molar-refractivity contribution in [1.82, 2.24) is 10.3 Å². The van der Waals surface area contributed by atoms with Crippen LogP contribution in [0.5, 0.6) is 0 Å². The number of hydrogen-bond donors (Lipinski definition) is 1. The van der Waals surface area contributed by atoms with E-state index in [1.54, 1.807) is 18.2 Å². The fourth-order valence-corrected chi connectivity index (χ4v) is 2.33. The molecule has 0 unspecified atom stereocenters. The number of imide groups is 1. The fraction of sp³-hybridized carbons (Fsp3) is 0.125. The molecule has 0 bridgehead atoms. The van der Waals surface area contributed by atoms with Crippen molar-refractivity contribution in [2.75, 3.05) is 6.61 Å². The zero-order valence-electron chi connectivity index (χ0n) is 12.6. The topological polar surface area (TPSA) is 85.4 Å². The summed E-state index contributed by atoms with van der Waals surface area (Å²) in [5.74, 6) is -5.22. The van der Waals surface area contributed by atoms with Gasteiger partial charge < -0.3 is 4.74 Å². The van der Waals surface area contributed by atoms with Crippen LogP contribution in [-0.4, -0.2) is 35.1 Å². The lowest BCUT2D eigenvalue weighted by molar-refractivity contribution is -0.123. The van der Waals surface area contributed by atoms with E-state index >= 15 is 0 Å². The lowest BCUT2D eigenvalue weighted by Gasteiger charge is -2.08. The summed E-state index contributed by atoms with van der Waals surface area (Å²) in [6, 6.07) is 10.6. The number of nitrogens with one attached hydrogen (secondary N) is 1. The third-order valence-corrected chi connectivity index (χ3v) is 3.54. The van der Waals surface area contributed by atoms with Gasteiger partial charge in [0, 0.05) is 11.8 Å². The smallest absolute Gasteiger partial charge is 0.341 e. The summed E-state index contributed by atoms with van der Waals surface area (Å²) in [7, 11) is 0. The van der Waals surface area contributed by atoms with Gasteiger partial charge in [-0.05, 0) is 36.0 Å². The maximum absolute atomic E-state index is 12.5. The van der Waals surface area contributed by atoms with Crippen molar-refractivity contribution in [3.8, 4) is 0 Å². The molecule has 0 aliphatic heterocycles. The van der Waals surface area contributed by atoms with E-state index in [9.17, 15) is 23.2 Å². The Hall–Kier alpha value is -2.81. The van der Waals surface area contributed by atoms with Crippen molar-refractivity contribution in [2.24, 2.45) is 0 Å². The SMILES string of the molecule is O=C(COC(=O)c1cccnc1SC(F)F)NC(=O)c1ccccc1. The molecule has 2 aromatic rings. The number of carbonyl (C=O) groups is 3. The minimum Gasteiger partial charge on any atom is -0.452 e. The van der Waals surface area contributed by atoms with Crippen molar-refractivity contribution in [3.05, 3.63) is 59.8 Å². The van der Waals surface area contributed by atoms with Crippen LogP contribution in [0.4, 0.5) is 8.78 Å². The first-order valence-corrected chi connectivity index (χ1v) is 7.81. The van der Waals surface area contributed by atoms with Crippen LogP contribution >= 0.6 is 11.8 Å². The molecular weight excluding hydrogens is 354 g/mol. The first-order valence-electron chi connectivity index (χ1n) is 6.93. The monoisotopic (exact) mass is 366 g/mol. The second-order valence-corrected chi connectivity index (χ2v) is 5.53. The molecule has 0 aliphatic carbocycles. The minimum absolute atomic E-state index is 0.0956. The molecule has 0 saturated heterocycles. The first-order chi connectivity index (χ1) is 12.0. The Kier molecular flexibility index (Phi) is 6.58. The van der Waals surface area contributed by atoms with Gasteiger partial charge in [-0.2, -0.15) is 8.78 Å². The van der Waals surface area contributed by atoms with Gasteiger partial charge in [0.2, 0.25) is 0 Å². The van der Waals surface area contributed by atoms with E-state index < -0.39 is 30.1 Å². The Labute approximate surface area is 145 Å². The lowest BCUT2D eigenvalue weighted by Crippen LogP contribution is -2.34. The van der Waals surface area contributed by atoms with Crippen LogP contribution in [-0.2, 0) is 9.53 Å². The third-order valence-electron chi connectivity index (χ3n) is 2.82. The zero-order chi connectivity index (χ0) is 18.2. The van der Waals surface area contributed by atoms with Crippen LogP contribution in [0.3, 0.4) is 0 Å². The highest BCUT2D eigenvalue weighted by Crippen LogP contribution is 2.26. The number of rotatable bonds is 6. The normalized spacial score (nSPS) is 10.4. The zero-order valence-corrected chi connectivity index (χ0v) is 13.5. The average molecular weight is 366 g/mol. The van der Waals surface area contributed by atoms with Gasteiger partial charge in [0.05, 0.1) is 5.56 Å². The highest BCUT2D eigenvalue weighted by molar-refractivity contribution is 7.99. The summed E-state index contributed by atoms with van der Waals surface area (Å²) in [6.07, 6.45) is 1.26. The Morgan fingerprint density at radius 3 is 2.52 bits per heavy atom. The van der Waals surface area contributed by atoms with Gasteiger partial charge in [-0.3, -0.25) is 14.9 Å². The Bertz CT molecular complexity index is 772. The number of esters is 1. The van der Waals surface area contributed by atoms with Crippen molar-refractivity contribution in [2.45, 2.75) is 10.8 Å². The van der Waals surface area contributed by atoms with E-state index in [1.165, 1.54) is 30.5 Å². The van der Waals surface area contributed by atoms with Crippen LogP contribution in [0.25, 0.3) is 0 Å². The molecule has 2 amide bonds. The Balaban J connectivity index is 1.92. The summed E-state index contributed by atoms with van der Waals surface area (Å²) in [6.45, 7) is -0.731. The number of aromatic nitrogens is 1. The third kappa shape index (κ3) is 5.64. The van der Waals surface area contributed by atoms with E-state index in [2.05, 4.69) is 10.3 Å². The lowest BCUT2D eigenvalue weighted by atomic mass is 10.2. The van der Waals surface area contributed by atoms with Crippen molar-refractivity contribution in [1.29, 1.82) is 0 Å². The minimum atomic E-state index is -2.76. The average Bonchev–Trinajstić information content (AvgIpc) is 2.60. The van der Waals surface area contributed by atoms with Crippen molar-refractivity contribution in [3.63, 3.8) is 0 Å². The van der Waals surface area contributed by atoms with Crippen LogP contribution in [0.15, 0.2) is 53.7 Å². The Morgan fingerprint density at radius 1 is 1.12 bits per heavy atom. The second kappa shape index (κ2) is 8.88. The quantitative estimate of drug-likeness (QED) is 0.625. The fourth-order valence-electron chi connectivity index (χ4n) is 1.76. The number of thioether (sulfide) groups is 1. The largest absolute Gasteiger partial charge is 0.452 e. The van der Waals surface area contributed by atoms with Crippen LogP contribution < -0.4 is 5.32 Å². The molecule has 0 saturated carbocycles. The first kappa shape index (κ1) is 18.5. The standard InChI is InChI=1S/C16H12F2N2O4S/c17-16(18)25-14-11(7-4-8-19-14)15(23)24-9-12(21)20-13(22)10-5-2-1-3-6-10/h1-8,16H,9H2,(H,20,21,22). The molecular formula is C16H12F2N2O4S. The molecule has 2 rings (SSSR count). The summed E-state index contributed by atoms with van der Waals surface area (Å²) >= 11 is 0.0956. The number of amides is 2. The van der Waals surface area contributed by atoms with Crippen molar-refractivity contribution < 1.29 is 27.9 Å². The van der Waals surface area contributed by atoms with E-state index in [-0.39, 0.29) is 27.9 Å². The van der Waals surface area contributed by atoms with E-state index in [0.717, 1.165) is 0 Å². The van der Waals surface area contributed by atoms with E-state index in [4.69, 9.17) is 4.74 Å². The molecule has 6 nitrogen and oxygen atoms in total. The molecule has 25 heavy (non-hydrogen) atoms. The maximum Gasteiger partial charge on any atom is 0.341 e. The van der Waals surface area contributed by atoms with Gasteiger partial charge in [0.15, 0.2) is 6.61 Å². The number of carbonyl (C=O) groups excluding carboxylic acids is 3. The van der Waals surface area contributed by atoms with Crippen LogP contribution in [0.1, 0.15) is 20.7 Å². The molecule has 0 radical (unpaired) electrons. The Morgan fingerprint density at radius 2 is 1.84 bits per heavy atom. The summed E-state index contributed by atoms with van der Waals surface area (Å²) < 4.78 is 29.7. The molecule has 1 N–H and O–H groups in total. The molecule has 0 spiro atoms. The van der Waals surface area contributed by atoms with Crippen molar-refractivity contribution >= 4 is 29.5 Å². The van der Waals surface area contributed by atoms with E-state index in [1.807, 2.05) is 0 Å². The number of benzene rings is 1. The molecule has 1 aromatic carbocycles. The van der Waals surface area contributed by atoms with Gasteiger partial charge in [-0.25, -0.2) is 9.78 Å². The van der Waals surface area contributed by atoms with Crippen LogP contribution in [0, 0.1) is 0 Å². The van der Waals surface area contributed by atoms with Gasteiger partial charge in [0.25, 0.3) is 17.6 Å². The highest BCUT2D eigenvalue weighted by Gasteiger charge is 2.19.